The van der Waals surface area contributed by atoms with Gasteiger partial charge in [-0.2, -0.15) is 0 Å². The lowest BCUT2D eigenvalue weighted by Gasteiger charge is -1.98. The van der Waals surface area contributed by atoms with Gasteiger partial charge in [-0.25, -0.2) is 4.98 Å². The second-order valence-electron chi connectivity index (χ2n) is 3.48. The van der Waals surface area contributed by atoms with E-state index < -0.39 is 0 Å². The van der Waals surface area contributed by atoms with Crippen molar-refractivity contribution in [3.05, 3.63) is 17.8 Å². The number of rotatable bonds is 8. The molecule has 0 unspecified atom stereocenters. The quantitative estimate of drug-likeness (QED) is 0.667. The number of nitrogens with zero attached hydrogens (tertiary/aromatic N) is 1. The van der Waals surface area contributed by atoms with Crippen LogP contribution in [0.2, 0.25) is 0 Å². The Hall–Kier alpha value is -0.870. The number of hydrogen-bond acceptors (Lipinski definition) is 4. The van der Waals surface area contributed by atoms with Crippen LogP contribution in [-0.2, 0) is 17.8 Å². The summed E-state index contributed by atoms with van der Waals surface area (Å²) in [4.78, 5) is 4.19. The summed E-state index contributed by atoms with van der Waals surface area (Å²) in [6, 6.07) is 0. The van der Waals surface area contributed by atoms with Crippen molar-refractivity contribution in [3.63, 3.8) is 0 Å². The zero-order valence-electron chi connectivity index (χ0n) is 9.58. The first-order chi connectivity index (χ1) is 7.36. The van der Waals surface area contributed by atoms with E-state index in [-0.39, 0.29) is 0 Å². The molecule has 0 radical (unpaired) electrons. The second kappa shape index (κ2) is 7.43. The normalized spacial score (nSPS) is 10.8. The standard InChI is InChI=1S/C11H20N2O2/c1-3-7-14-9-10-8-13-11(15-10)5-4-6-12-2/h8,12H,3-7,9H2,1-2H3. The van der Waals surface area contributed by atoms with E-state index in [0.717, 1.165) is 44.1 Å². The summed E-state index contributed by atoms with van der Waals surface area (Å²) in [5, 5.41) is 3.09. The SMILES string of the molecule is CCCOCc1cnc(CCCNC)o1. The maximum Gasteiger partial charge on any atom is 0.194 e. The van der Waals surface area contributed by atoms with Gasteiger partial charge in [0, 0.05) is 13.0 Å². The summed E-state index contributed by atoms with van der Waals surface area (Å²) in [6.45, 7) is 4.39. The molecule has 0 aliphatic heterocycles. The maximum atomic E-state index is 5.51. The van der Waals surface area contributed by atoms with Gasteiger partial charge in [0.1, 0.15) is 12.4 Å². The largest absolute Gasteiger partial charge is 0.443 e. The average molecular weight is 212 g/mol. The van der Waals surface area contributed by atoms with Crippen LogP contribution in [0.1, 0.15) is 31.4 Å². The number of hydrogen-bond donors (Lipinski definition) is 1. The molecule has 4 nitrogen and oxygen atoms in total. The lowest BCUT2D eigenvalue weighted by molar-refractivity contribution is 0.106. The predicted octanol–water partition coefficient (Wildman–Crippen LogP) is 1.75. The molecule has 15 heavy (non-hydrogen) atoms. The van der Waals surface area contributed by atoms with Crippen molar-refractivity contribution in [1.29, 1.82) is 0 Å². The third-order valence-electron chi connectivity index (χ3n) is 2.01. The van der Waals surface area contributed by atoms with Gasteiger partial charge in [-0.1, -0.05) is 6.92 Å². The fourth-order valence-electron chi connectivity index (χ4n) is 1.26. The van der Waals surface area contributed by atoms with Crippen LogP contribution >= 0.6 is 0 Å². The Labute approximate surface area is 91.0 Å². The number of ether oxygens (including phenoxy) is 1. The minimum Gasteiger partial charge on any atom is -0.443 e. The Kier molecular flexibility index (Phi) is 6.04. The van der Waals surface area contributed by atoms with Crippen molar-refractivity contribution in [1.82, 2.24) is 10.3 Å². The molecule has 0 saturated carbocycles. The minimum absolute atomic E-state index is 0.535. The zero-order chi connectivity index (χ0) is 10.9. The lowest BCUT2D eigenvalue weighted by Crippen LogP contribution is -2.08. The van der Waals surface area contributed by atoms with Gasteiger partial charge < -0.3 is 14.5 Å². The lowest BCUT2D eigenvalue weighted by atomic mass is 10.3. The molecule has 0 bridgehead atoms. The first-order valence-electron chi connectivity index (χ1n) is 5.52. The monoisotopic (exact) mass is 212 g/mol. The van der Waals surface area contributed by atoms with Crippen molar-refractivity contribution in [2.45, 2.75) is 32.8 Å². The highest BCUT2D eigenvalue weighted by Crippen LogP contribution is 2.07. The van der Waals surface area contributed by atoms with E-state index in [1.54, 1.807) is 6.20 Å². The van der Waals surface area contributed by atoms with E-state index in [0.29, 0.717) is 6.61 Å². The maximum absolute atomic E-state index is 5.51. The molecule has 1 aromatic heterocycles. The fourth-order valence-corrected chi connectivity index (χ4v) is 1.26. The molecule has 1 N–H and O–H groups in total. The van der Waals surface area contributed by atoms with Crippen LogP contribution in [0.5, 0.6) is 0 Å². The Bertz CT molecular complexity index is 236. The van der Waals surface area contributed by atoms with E-state index in [1.165, 1.54) is 0 Å². The van der Waals surface area contributed by atoms with Crippen molar-refractivity contribution in [3.8, 4) is 0 Å². The first-order valence-corrected chi connectivity index (χ1v) is 5.52. The molecule has 0 amide bonds. The number of aromatic nitrogens is 1. The molecule has 0 atom stereocenters. The molecule has 0 fully saturated rings. The molecule has 86 valence electrons. The summed E-state index contributed by atoms with van der Waals surface area (Å²) in [7, 11) is 1.94. The summed E-state index contributed by atoms with van der Waals surface area (Å²) >= 11 is 0. The van der Waals surface area contributed by atoms with Gasteiger partial charge in [-0.15, -0.1) is 0 Å². The fraction of sp³-hybridized carbons (Fsp3) is 0.727. The van der Waals surface area contributed by atoms with Crippen molar-refractivity contribution in [2.24, 2.45) is 0 Å². The molecule has 1 aromatic rings. The van der Waals surface area contributed by atoms with Gasteiger partial charge in [0.2, 0.25) is 0 Å². The summed E-state index contributed by atoms with van der Waals surface area (Å²) < 4.78 is 10.9. The highest BCUT2D eigenvalue weighted by Gasteiger charge is 2.03. The Balaban J connectivity index is 2.23. The van der Waals surface area contributed by atoms with Crippen LogP contribution in [0, 0.1) is 0 Å². The third kappa shape index (κ3) is 4.95. The Morgan fingerprint density at radius 2 is 2.40 bits per heavy atom. The molecule has 0 saturated heterocycles. The van der Waals surface area contributed by atoms with Crippen LogP contribution < -0.4 is 5.32 Å². The molecular weight excluding hydrogens is 192 g/mol. The smallest absolute Gasteiger partial charge is 0.194 e. The first kappa shape index (κ1) is 12.2. The molecule has 0 aliphatic carbocycles. The second-order valence-corrected chi connectivity index (χ2v) is 3.48. The van der Waals surface area contributed by atoms with Gasteiger partial charge in [0.05, 0.1) is 6.20 Å². The number of oxazole rings is 1. The third-order valence-corrected chi connectivity index (χ3v) is 2.01. The molecule has 1 heterocycles. The highest BCUT2D eigenvalue weighted by molar-refractivity contribution is 4.92. The summed E-state index contributed by atoms with van der Waals surface area (Å²) in [5.74, 6) is 1.63. The van der Waals surface area contributed by atoms with Gasteiger partial charge in [0.15, 0.2) is 5.89 Å². The summed E-state index contributed by atoms with van der Waals surface area (Å²) in [6.07, 6.45) is 4.72. The van der Waals surface area contributed by atoms with Gasteiger partial charge in [-0.3, -0.25) is 0 Å². The van der Waals surface area contributed by atoms with Crippen LogP contribution in [0.3, 0.4) is 0 Å². The van der Waals surface area contributed by atoms with E-state index in [2.05, 4.69) is 17.2 Å². The van der Waals surface area contributed by atoms with Gasteiger partial charge >= 0.3 is 0 Å². The highest BCUT2D eigenvalue weighted by atomic mass is 16.5. The Morgan fingerprint density at radius 1 is 1.53 bits per heavy atom. The van der Waals surface area contributed by atoms with Gasteiger partial charge in [-0.05, 0) is 26.4 Å². The van der Waals surface area contributed by atoms with Gasteiger partial charge in [0.25, 0.3) is 0 Å². The number of aryl methyl sites for hydroxylation is 1. The molecule has 0 aliphatic rings. The van der Waals surface area contributed by atoms with Crippen LogP contribution in [0.4, 0.5) is 0 Å². The van der Waals surface area contributed by atoms with Crippen LogP contribution in [0.25, 0.3) is 0 Å². The van der Waals surface area contributed by atoms with E-state index in [1.807, 2.05) is 7.05 Å². The topological polar surface area (TPSA) is 47.3 Å². The van der Waals surface area contributed by atoms with E-state index >= 15 is 0 Å². The molecule has 4 heteroatoms. The molecule has 1 rings (SSSR count). The zero-order valence-corrected chi connectivity index (χ0v) is 9.58. The molecular formula is C11H20N2O2. The summed E-state index contributed by atoms with van der Waals surface area (Å²) in [5.41, 5.74) is 0. The van der Waals surface area contributed by atoms with Crippen molar-refractivity contribution >= 4 is 0 Å². The van der Waals surface area contributed by atoms with Crippen molar-refractivity contribution in [2.75, 3.05) is 20.2 Å². The average Bonchev–Trinajstić information content (AvgIpc) is 2.67. The van der Waals surface area contributed by atoms with E-state index in [4.69, 9.17) is 9.15 Å². The minimum atomic E-state index is 0.535. The van der Waals surface area contributed by atoms with Crippen molar-refractivity contribution < 1.29 is 9.15 Å². The van der Waals surface area contributed by atoms with Crippen LogP contribution in [-0.4, -0.2) is 25.2 Å². The van der Waals surface area contributed by atoms with Crippen LogP contribution in [0.15, 0.2) is 10.6 Å². The number of nitrogens with one attached hydrogen (secondary N) is 1. The predicted molar refractivity (Wildman–Crippen MR) is 58.7 cm³/mol. The van der Waals surface area contributed by atoms with E-state index in [9.17, 15) is 0 Å². The molecule has 0 spiro atoms. The molecule has 0 aromatic carbocycles. The Morgan fingerprint density at radius 3 is 3.13 bits per heavy atom.